The molecule has 4 nitrogen and oxygen atoms in total. The van der Waals surface area contributed by atoms with Crippen molar-refractivity contribution in [2.75, 3.05) is 13.7 Å². The van der Waals surface area contributed by atoms with Crippen molar-refractivity contribution in [3.63, 3.8) is 0 Å². The van der Waals surface area contributed by atoms with Gasteiger partial charge in [-0.3, -0.25) is 4.79 Å². The second-order valence-corrected chi connectivity index (χ2v) is 4.74. The maximum atomic E-state index is 12.4. The van der Waals surface area contributed by atoms with Crippen LogP contribution in [-0.2, 0) is 14.3 Å². The molecule has 0 radical (unpaired) electrons. The molecule has 3 atom stereocenters. The summed E-state index contributed by atoms with van der Waals surface area (Å²) in [7, 11) is 1.60. The van der Waals surface area contributed by atoms with Gasteiger partial charge in [0, 0.05) is 6.42 Å². The number of alkyl halides is 3. The van der Waals surface area contributed by atoms with Crippen LogP contribution in [0.25, 0.3) is 0 Å². The zero-order chi connectivity index (χ0) is 14.7. The van der Waals surface area contributed by atoms with E-state index < -0.39 is 29.9 Å². The molecule has 1 saturated carbocycles. The molecular weight excluding hydrogens is 263 g/mol. The van der Waals surface area contributed by atoms with Crippen LogP contribution in [-0.4, -0.2) is 43.5 Å². The zero-order valence-corrected chi connectivity index (χ0v) is 11.3. The first-order valence-corrected chi connectivity index (χ1v) is 6.33. The van der Waals surface area contributed by atoms with E-state index in [4.69, 9.17) is 9.47 Å². The minimum Gasteiger partial charge on any atom is -0.465 e. The van der Waals surface area contributed by atoms with Crippen LogP contribution >= 0.6 is 0 Å². The maximum absolute atomic E-state index is 12.4. The SMILES string of the molecule is CCOC(=O)C1(NC)CCC(OC(C)C(F)(F)F)C1. The smallest absolute Gasteiger partial charge is 0.414 e. The van der Waals surface area contributed by atoms with Gasteiger partial charge < -0.3 is 14.8 Å². The molecule has 1 aliphatic rings. The average Bonchev–Trinajstić information content (AvgIpc) is 2.73. The third kappa shape index (κ3) is 3.82. The minimum absolute atomic E-state index is 0.197. The van der Waals surface area contributed by atoms with E-state index in [-0.39, 0.29) is 13.0 Å². The van der Waals surface area contributed by atoms with Crippen molar-refractivity contribution in [1.82, 2.24) is 5.32 Å². The van der Waals surface area contributed by atoms with Crippen LogP contribution in [0, 0.1) is 0 Å². The summed E-state index contributed by atoms with van der Waals surface area (Å²) in [6, 6.07) is 0. The van der Waals surface area contributed by atoms with Crippen molar-refractivity contribution in [1.29, 1.82) is 0 Å². The summed E-state index contributed by atoms with van der Waals surface area (Å²) < 4.78 is 47.2. The lowest BCUT2D eigenvalue weighted by Crippen LogP contribution is -2.50. The third-order valence-corrected chi connectivity index (χ3v) is 3.47. The van der Waals surface area contributed by atoms with E-state index in [1.54, 1.807) is 14.0 Å². The lowest BCUT2D eigenvalue weighted by molar-refractivity contribution is -0.226. The first-order chi connectivity index (χ1) is 8.75. The molecule has 0 aromatic carbocycles. The lowest BCUT2D eigenvalue weighted by Gasteiger charge is -2.27. The Morgan fingerprint density at radius 2 is 2.16 bits per heavy atom. The largest absolute Gasteiger partial charge is 0.465 e. The molecular formula is C12H20F3NO3. The first kappa shape index (κ1) is 16.2. The van der Waals surface area contributed by atoms with Gasteiger partial charge in [0.2, 0.25) is 0 Å². The highest BCUT2D eigenvalue weighted by Crippen LogP contribution is 2.35. The Morgan fingerprint density at radius 3 is 2.63 bits per heavy atom. The van der Waals surface area contributed by atoms with Crippen LogP contribution in [0.4, 0.5) is 13.2 Å². The molecule has 0 aliphatic heterocycles. The Morgan fingerprint density at radius 1 is 1.53 bits per heavy atom. The van der Waals surface area contributed by atoms with Gasteiger partial charge in [-0.05, 0) is 33.7 Å². The summed E-state index contributed by atoms with van der Waals surface area (Å²) in [5.41, 5.74) is -0.925. The van der Waals surface area contributed by atoms with Gasteiger partial charge in [-0.1, -0.05) is 0 Å². The number of nitrogens with one attached hydrogen (secondary N) is 1. The number of rotatable bonds is 5. The van der Waals surface area contributed by atoms with Gasteiger partial charge in [0.25, 0.3) is 0 Å². The van der Waals surface area contributed by atoms with Crippen LogP contribution in [0.3, 0.4) is 0 Å². The monoisotopic (exact) mass is 283 g/mol. The number of likely N-dealkylation sites (N-methyl/N-ethyl adjacent to an activating group) is 1. The zero-order valence-electron chi connectivity index (χ0n) is 11.3. The Labute approximate surface area is 110 Å². The second-order valence-electron chi connectivity index (χ2n) is 4.74. The first-order valence-electron chi connectivity index (χ1n) is 6.33. The third-order valence-electron chi connectivity index (χ3n) is 3.47. The Kier molecular flexibility index (Phi) is 5.20. The molecule has 0 heterocycles. The molecule has 1 N–H and O–H groups in total. The summed E-state index contributed by atoms with van der Waals surface area (Å²) >= 11 is 0. The van der Waals surface area contributed by atoms with Crippen molar-refractivity contribution in [3.05, 3.63) is 0 Å². The fourth-order valence-corrected chi connectivity index (χ4v) is 2.27. The van der Waals surface area contributed by atoms with Crippen molar-refractivity contribution < 1.29 is 27.4 Å². The molecule has 0 bridgehead atoms. The number of carbonyl (C=O) groups is 1. The molecule has 112 valence electrons. The number of hydrogen-bond acceptors (Lipinski definition) is 4. The van der Waals surface area contributed by atoms with Crippen LogP contribution in [0.15, 0.2) is 0 Å². The van der Waals surface area contributed by atoms with E-state index >= 15 is 0 Å². The highest BCUT2D eigenvalue weighted by Gasteiger charge is 2.48. The predicted molar refractivity (Wildman–Crippen MR) is 62.7 cm³/mol. The summed E-state index contributed by atoms with van der Waals surface area (Å²) in [6.45, 7) is 2.91. The summed E-state index contributed by atoms with van der Waals surface area (Å²) in [4.78, 5) is 11.9. The standard InChI is InChI=1S/C12H20F3NO3/c1-4-18-10(17)11(16-3)6-5-9(7-11)19-8(2)12(13,14)15/h8-9,16H,4-7H2,1-3H3. The Balaban J connectivity index is 2.63. The quantitative estimate of drug-likeness (QED) is 0.784. The number of ether oxygens (including phenoxy) is 2. The highest BCUT2D eigenvalue weighted by molar-refractivity contribution is 5.81. The summed E-state index contributed by atoms with van der Waals surface area (Å²) in [5, 5.41) is 2.87. The molecule has 0 aromatic heterocycles. The Bertz CT molecular complexity index is 322. The maximum Gasteiger partial charge on any atom is 0.414 e. The van der Waals surface area contributed by atoms with Gasteiger partial charge in [-0.2, -0.15) is 13.2 Å². The molecule has 0 saturated heterocycles. The van der Waals surface area contributed by atoms with E-state index in [2.05, 4.69) is 5.32 Å². The number of carbonyl (C=O) groups excluding carboxylic acids is 1. The lowest BCUT2D eigenvalue weighted by atomic mass is 9.98. The van der Waals surface area contributed by atoms with Crippen molar-refractivity contribution >= 4 is 5.97 Å². The van der Waals surface area contributed by atoms with Crippen LogP contribution in [0.1, 0.15) is 33.1 Å². The average molecular weight is 283 g/mol. The topological polar surface area (TPSA) is 47.6 Å². The fourth-order valence-electron chi connectivity index (χ4n) is 2.27. The summed E-state index contributed by atoms with van der Waals surface area (Å²) in [6.07, 6.45) is -5.78. The number of esters is 1. The molecule has 0 aromatic rings. The molecule has 19 heavy (non-hydrogen) atoms. The minimum atomic E-state index is -4.38. The van der Waals surface area contributed by atoms with Gasteiger partial charge in [0.15, 0.2) is 6.10 Å². The second kappa shape index (κ2) is 6.09. The van der Waals surface area contributed by atoms with E-state index in [0.717, 1.165) is 6.92 Å². The predicted octanol–water partition coefficient (Wildman–Crippen LogP) is 2.03. The van der Waals surface area contributed by atoms with Crippen LogP contribution in [0.5, 0.6) is 0 Å². The molecule has 7 heteroatoms. The van der Waals surface area contributed by atoms with Crippen LogP contribution < -0.4 is 5.32 Å². The molecule has 1 aliphatic carbocycles. The van der Waals surface area contributed by atoms with Gasteiger partial charge in [-0.15, -0.1) is 0 Å². The highest BCUT2D eigenvalue weighted by atomic mass is 19.4. The number of halogens is 3. The molecule has 0 amide bonds. The van der Waals surface area contributed by atoms with E-state index in [9.17, 15) is 18.0 Å². The molecule has 0 spiro atoms. The van der Waals surface area contributed by atoms with Gasteiger partial charge >= 0.3 is 12.1 Å². The van der Waals surface area contributed by atoms with Gasteiger partial charge in [0.1, 0.15) is 5.54 Å². The normalized spacial score (nSPS) is 29.3. The molecule has 3 unspecified atom stereocenters. The van der Waals surface area contributed by atoms with Crippen molar-refractivity contribution in [2.24, 2.45) is 0 Å². The Hall–Kier alpha value is -0.820. The van der Waals surface area contributed by atoms with E-state index in [1.807, 2.05) is 0 Å². The fraction of sp³-hybridized carbons (Fsp3) is 0.917. The van der Waals surface area contributed by atoms with Gasteiger partial charge in [0.05, 0.1) is 12.7 Å². The summed E-state index contributed by atoms with van der Waals surface area (Å²) in [5.74, 6) is -0.428. The molecule has 1 fully saturated rings. The van der Waals surface area contributed by atoms with Crippen molar-refractivity contribution in [2.45, 2.75) is 57.0 Å². The molecule has 1 rings (SSSR count). The van der Waals surface area contributed by atoms with Gasteiger partial charge in [-0.25, -0.2) is 0 Å². The van der Waals surface area contributed by atoms with Crippen LogP contribution in [0.2, 0.25) is 0 Å². The van der Waals surface area contributed by atoms with Crippen molar-refractivity contribution in [3.8, 4) is 0 Å². The van der Waals surface area contributed by atoms with E-state index in [0.29, 0.717) is 12.8 Å². The van der Waals surface area contributed by atoms with E-state index in [1.165, 1.54) is 0 Å². The number of hydrogen-bond donors (Lipinski definition) is 1.